The van der Waals surface area contributed by atoms with E-state index in [1.165, 1.54) is 25.7 Å². The Balaban J connectivity index is 2.06. The van der Waals surface area contributed by atoms with E-state index in [1.807, 2.05) is 0 Å². The van der Waals surface area contributed by atoms with E-state index in [4.69, 9.17) is 0 Å². The number of rotatable bonds is 2. The third-order valence-corrected chi connectivity index (χ3v) is 4.15. The summed E-state index contributed by atoms with van der Waals surface area (Å²) in [5.74, 6) is 2.75. The van der Waals surface area contributed by atoms with Crippen molar-refractivity contribution in [2.45, 2.75) is 39.5 Å². The van der Waals surface area contributed by atoms with Crippen molar-refractivity contribution in [3.63, 3.8) is 0 Å². The summed E-state index contributed by atoms with van der Waals surface area (Å²) >= 11 is 0. The Bertz CT molecular complexity index is 174. The highest BCUT2D eigenvalue weighted by Gasteiger charge is 2.45. The monoisotopic (exact) mass is 168 g/mol. The van der Waals surface area contributed by atoms with Crippen LogP contribution in [0, 0.1) is 23.2 Å². The molecule has 0 aromatic carbocycles. The molecule has 2 rings (SSSR count). The summed E-state index contributed by atoms with van der Waals surface area (Å²) in [6.45, 7) is 4.80. The summed E-state index contributed by atoms with van der Waals surface area (Å²) in [5, 5.41) is 9.28. The highest BCUT2D eigenvalue weighted by atomic mass is 16.3. The summed E-state index contributed by atoms with van der Waals surface area (Å²) in [4.78, 5) is 0. The molecule has 2 fully saturated rings. The fourth-order valence-electron chi connectivity index (χ4n) is 3.32. The van der Waals surface area contributed by atoms with Gasteiger partial charge in [-0.3, -0.25) is 0 Å². The van der Waals surface area contributed by atoms with Crippen LogP contribution in [0.5, 0.6) is 0 Å². The maximum Gasteiger partial charge on any atom is 0.0484 e. The largest absolute Gasteiger partial charge is 0.396 e. The standard InChI is InChI=1S/C11H20O/c1-11(2,7-12)10-6-8-3-4-9(10)5-8/h8-10,12H,3-7H2,1-2H3. The summed E-state index contributed by atoms with van der Waals surface area (Å²) < 4.78 is 0. The molecule has 12 heavy (non-hydrogen) atoms. The molecule has 2 saturated carbocycles. The Hall–Kier alpha value is -0.0400. The van der Waals surface area contributed by atoms with Crippen LogP contribution in [0.15, 0.2) is 0 Å². The molecule has 0 aromatic heterocycles. The molecule has 0 aromatic rings. The smallest absolute Gasteiger partial charge is 0.0484 e. The molecule has 3 unspecified atom stereocenters. The van der Waals surface area contributed by atoms with Crippen molar-refractivity contribution in [1.82, 2.24) is 0 Å². The normalized spacial score (nSPS) is 40.8. The van der Waals surface area contributed by atoms with Crippen molar-refractivity contribution >= 4 is 0 Å². The Morgan fingerprint density at radius 3 is 2.42 bits per heavy atom. The van der Waals surface area contributed by atoms with Gasteiger partial charge in [0.2, 0.25) is 0 Å². The van der Waals surface area contributed by atoms with Crippen molar-refractivity contribution in [3.8, 4) is 0 Å². The first kappa shape index (κ1) is 8.55. The van der Waals surface area contributed by atoms with Gasteiger partial charge in [-0.2, -0.15) is 0 Å². The van der Waals surface area contributed by atoms with Crippen LogP contribution in [0.25, 0.3) is 0 Å². The third kappa shape index (κ3) is 1.19. The van der Waals surface area contributed by atoms with Crippen LogP contribution < -0.4 is 0 Å². The van der Waals surface area contributed by atoms with Crippen LogP contribution in [-0.4, -0.2) is 11.7 Å². The molecule has 0 spiro atoms. The zero-order valence-electron chi connectivity index (χ0n) is 8.21. The van der Waals surface area contributed by atoms with Gasteiger partial charge in [0.1, 0.15) is 0 Å². The lowest BCUT2D eigenvalue weighted by Gasteiger charge is -2.35. The van der Waals surface area contributed by atoms with Gasteiger partial charge in [0.25, 0.3) is 0 Å². The molecular weight excluding hydrogens is 148 g/mol. The van der Waals surface area contributed by atoms with Gasteiger partial charge in [0, 0.05) is 6.61 Å². The zero-order valence-corrected chi connectivity index (χ0v) is 8.21. The number of hydrogen-bond donors (Lipinski definition) is 1. The van der Waals surface area contributed by atoms with E-state index in [2.05, 4.69) is 13.8 Å². The summed E-state index contributed by atoms with van der Waals surface area (Å²) in [5.41, 5.74) is 0.180. The van der Waals surface area contributed by atoms with E-state index in [0.717, 1.165) is 17.8 Å². The van der Waals surface area contributed by atoms with Crippen LogP contribution in [0.3, 0.4) is 0 Å². The lowest BCUT2D eigenvalue weighted by molar-refractivity contribution is 0.0631. The van der Waals surface area contributed by atoms with Crippen LogP contribution in [0.1, 0.15) is 39.5 Å². The number of hydrogen-bond acceptors (Lipinski definition) is 1. The summed E-state index contributed by atoms with van der Waals surface area (Å²) in [7, 11) is 0. The number of aliphatic hydroxyl groups is 1. The minimum absolute atomic E-state index is 0.180. The number of fused-ring (bicyclic) bond motifs is 2. The molecule has 0 heterocycles. The second kappa shape index (κ2) is 2.73. The van der Waals surface area contributed by atoms with E-state index in [9.17, 15) is 5.11 Å². The Morgan fingerprint density at radius 1 is 1.25 bits per heavy atom. The van der Waals surface area contributed by atoms with E-state index in [-0.39, 0.29) is 5.41 Å². The molecule has 0 saturated heterocycles. The van der Waals surface area contributed by atoms with E-state index >= 15 is 0 Å². The van der Waals surface area contributed by atoms with Crippen molar-refractivity contribution in [3.05, 3.63) is 0 Å². The van der Waals surface area contributed by atoms with Gasteiger partial charge in [-0.15, -0.1) is 0 Å². The minimum Gasteiger partial charge on any atom is -0.396 e. The average molecular weight is 168 g/mol. The van der Waals surface area contributed by atoms with Crippen LogP contribution in [0.2, 0.25) is 0 Å². The Morgan fingerprint density at radius 2 is 2.00 bits per heavy atom. The van der Waals surface area contributed by atoms with Crippen molar-refractivity contribution in [2.75, 3.05) is 6.61 Å². The van der Waals surface area contributed by atoms with Gasteiger partial charge < -0.3 is 5.11 Å². The first-order valence-electron chi connectivity index (χ1n) is 5.24. The average Bonchev–Trinajstić information content (AvgIpc) is 2.64. The van der Waals surface area contributed by atoms with Crippen molar-refractivity contribution in [2.24, 2.45) is 23.2 Å². The van der Waals surface area contributed by atoms with Gasteiger partial charge in [-0.25, -0.2) is 0 Å². The summed E-state index contributed by atoms with van der Waals surface area (Å²) in [6, 6.07) is 0. The van der Waals surface area contributed by atoms with Gasteiger partial charge in [0.05, 0.1) is 0 Å². The van der Waals surface area contributed by atoms with E-state index in [0.29, 0.717) is 6.61 Å². The van der Waals surface area contributed by atoms with Crippen molar-refractivity contribution < 1.29 is 5.11 Å². The van der Waals surface area contributed by atoms with Gasteiger partial charge >= 0.3 is 0 Å². The van der Waals surface area contributed by atoms with Gasteiger partial charge in [-0.1, -0.05) is 20.3 Å². The molecule has 2 aliphatic carbocycles. The molecule has 2 aliphatic rings. The van der Waals surface area contributed by atoms with Crippen molar-refractivity contribution in [1.29, 1.82) is 0 Å². The van der Waals surface area contributed by atoms with Crippen LogP contribution in [-0.2, 0) is 0 Å². The zero-order chi connectivity index (χ0) is 8.77. The molecule has 70 valence electrons. The van der Waals surface area contributed by atoms with E-state index in [1.54, 1.807) is 0 Å². The molecule has 1 heteroatoms. The second-order valence-electron chi connectivity index (χ2n) is 5.43. The molecule has 0 amide bonds. The Kier molecular flexibility index (Phi) is 1.95. The highest BCUT2D eigenvalue weighted by molar-refractivity contribution is 4.95. The fraction of sp³-hybridized carbons (Fsp3) is 1.00. The molecule has 2 bridgehead atoms. The molecule has 1 nitrogen and oxygen atoms in total. The SMILES string of the molecule is CC(C)(CO)C1CC2CCC1C2. The third-order valence-electron chi connectivity index (χ3n) is 4.15. The first-order valence-corrected chi connectivity index (χ1v) is 5.24. The predicted octanol–water partition coefficient (Wildman–Crippen LogP) is 2.44. The second-order valence-corrected chi connectivity index (χ2v) is 5.43. The minimum atomic E-state index is 0.180. The summed E-state index contributed by atoms with van der Waals surface area (Å²) in [6.07, 6.45) is 5.73. The maximum absolute atomic E-state index is 9.28. The molecule has 3 atom stereocenters. The van der Waals surface area contributed by atoms with Gasteiger partial charge in [-0.05, 0) is 42.4 Å². The number of aliphatic hydroxyl groups excluding tert-OH is 1. The molecule has 1 N–H and O–H groups in total. The molecule has 0 radical (unpaired) electrons. The molecule has 0 aliphatic heterocycles. The molecular formula is C11H20O. The fourth-order valence-corrected chi connectivity index (χ4v) is 3.32. The maximum atomic E-state index is 9.28. The first-order chi connectivity index (χ1) is 5.63. The topological polar surface area (TPSA) is 20.2 Å². The lowest BCUT2D eigenvalue weighted by atomic mass is 9.71. The Labute approximate surface area is 75.2 Å². The van der Waals surface area contributed by atoms with Crippen LogP contribution in [0.4, 0.5) is 0 Å². The predicted molar refractivity (Wildman–Crippen MR) is 49.8 cm³/mol. The lowest BCUT2D eigenvalue weighted by Crippen LogP contribution is -2.31. The van der Waals surface area contributed by atoms with E-state index < -0.39 is 0 Å². The highest BCUT2D eigenvalue weighted by Crippen LogP contribution is 2.54. The van der Waals surface area contributed by atoms with Crippen LogP contribution >= 0.6 is 0 Å². The van der Waals surface area contributed by atoms with Gasteiger partial charge in [0.15, 0.2) is 0 Å². The quantitative estimate of drug-likeness (QED) is 0.671.